The summed E-state index contributed by atoms with van der Waals surface area (Å²) >= 11 is 0. The van der Waals surface area contributed by atoms with Gasteiger partial charge in [0.2, 0.25) is 5.78 Å². The van der Waals surface area contributed by atoms with Crippen LogP contribution in [0.2, 0.25) is 0 Å². The molecule has 0 radical (unpaired) electrons. The number of amides is 2. The zero-order valence-corrected chi connectivity index (χ0v) is 23.0. The Morgan fingerprint density at radius 1 is 0.756 bits per heavy atom. The standard InChI is InChI=1S/C34H29NO6/c1-4-9-29(30(36)23-12-6-5-7-13-23)41-34(39)24-14-19-27-28(20-24)33(38)35(32(27)37)25-15-17-26(18-16-25)40-31-21(2)10-8-11-22(31)3/h5-8,10-20,29H,4,9H2,1-3H3. The predicted octanol–water partition coefficient (Wildman–Crippen LogP) is 7.10. The van der Waals surface area contributed by atoms with Crippen molar-refractivity contribution in [1.29, 1.82) is 0 Å². The van der Waals surface area contributed by atoms with Crippen LogP contribution >= 0.6 is 0 Å². The smallest absolute Gasteiger partial charge is 0.338 e. The van der Waals surface area contributed by atoms with E-state index in [1.54, 1.807) is 54.6 Å². The molecule has 1 aliphatic heterocycles. The topological polar surface area (TPSA) is 90.0 Å². The van der Waals surface area contributed by atoms with Crippen LogP contribution in [-0.4, -0.2) is 29.7 Å². The molecule has 1 unspecified atom stereocenters. The first-order chi connectivity index (χ1) is 19.8. The van der Waals surface area contributed by atoms with E-state index in [-0.39, 0.29) is 22.5 Å². The third-order valence-electron chi connectivity index (χ3n) is 7.00. The van der Waals surface area contributed by atoms with Crippen LogP contribution < -0.4 is 9.64 Å². The highest BCUT2D eigenvalue weighted by Gasteiger charge is 2.37. The van der Waals surface area contributed by atoms with Gasteiger partial charge in [0.25, 0.3) is 11.8 Å². The summed E-state index contributed by atoms with van der Waals surface area (Å²) in [6.45, 7) is 5.82. The summed E-state index contributed by atoms with van der Waals surface area (Å²) in [4.78, 5) is 53.6. The Labute approximate surface area is 238 Å². The molecule has 2 amide bonds. The van der Waals surface area contributed by atoms with Gasteiger partial charge in [0.15, 0.2) is 6.10 Å². The van der Waals surface area contributed by atoms with Crippen molar-refractivity contribution in [3.63, 3.8) is 0 Å². The Balaban J connectivity index is 1.33. The van der Waals surface area contributed by atoms with Crippen LogP contribution in [-0.2, 0) is 4.74 Å². The number of ketones is 1. The van der Waals surface area contributed by atoms with Crippen LogP contribution in [0.15, 0.2) is 91.0 Å². The molecule has 1 atom stereocenters. The highest BCUT2D eigenvalue weighted by atomic mass is 16.5. The number of fused-ring (bicyclic) bond motifs is 1. The molecule has 7 heteroatoms. The van der Waals surface area contributed by atoms with Gasteiger partial charge in [0.1, 0.15) is 11.5 Å². The van der Waals surface area contributed by atoms with Crippen LogP contribution in [0.1, 0.15) is 72.3 Å². The van der Waals surface area contributed by atoms with Gasteiger partial charge in [-0.05, 0) is 73.9 Å². The number of ether oxygens (including phenoxy) is 2. The second-order valence-electron chi connectivity index (χ2n) is 9.94. The van der Waals surface area contributed by atoms with E-state index in [1.165, 1.54) is 18.2 Å². The van der Waals surface area contributed by atoms with Crippen molar-refractivity contribution in [2.24, 2.45) is 0 Å². The van der Waals surface area contributed by atoms with Gasteiger partial charge in [0, 0.05) is 5.56 Å². The molecule has 1 heterocycles. The summed E-state index contributed by atoms with van der Waals surface area (Å²) in [5.41, 5.74) is 3.20. The van der Waals surface area contributed by atoms with E-state index >= 15 is 0 Å². The van der Waals surface area contributed by atoms with E-state index in [9.17, 15) is 19.2 Å². The monoisotopic (exact) mass is 547 g/mol. The lowest BCUT2D eigenvalue weighted by Gasteiger charge is -2.16. The van der Waals surface area contributed by atoms with Crippen LogP contribution in [0, 0.1) is 13.8 Å². The van der Waals surface area contributed by atoms with Gasteiger partial charge in [-0.15, -0.1) is 0 Å². The van der Waals surface area contributed by atoms with Crippen molar-refractivity contribution >= 4 is 29.3 Å². The Morgan fingerprint density at radius 2 is 1.41 bits per heavy atom. The maximum absolute atomic E-state index is 13.3. The minimum atomic E-state index is -0.957. The van der Waals surface area contributed by atoms with Crippen molar-refractivity contribution in [3.05, 3.63) is 124 Å². The molecule has 41 heavy (non-hydrogen) atoms. The quantitative estimate of drug-likeness (QED) is 0.126. The zero-order valence-electron chi connectivity index (χ0n) is 23.0. The largest absolute Gasteiger partial charge is 0.457 e. The SMILES string of the molecule is CCCC(OC(=O)c1ccc2c(c1)C(=O)N(c1ccc(Oc3c(C)cccc3C)cc1)C2=O)C(=O)c1ccccc1. The molecule has 5 rings (SSSR count). The number of para-hydroxylation sites is 1. The van der Waals surface area contributed by atoms with E-state index in [2.05, 4.69) is 0 Å². The van der Waals surface area contributed by atoms with E-state index in [1.807, 2.05) is 39.0 Å². The summed E-state index contributed by atoms with van der Waals surface area (Å²) in [5, 5.41) is 0. The Morgan fingerprint density at radius 3 is 2.07 bits per heavy atom. The number of carbonyl (C=O) groups excluding carboxylic acids is 4. The molecule has 0 aromatic heterocycles. The van der Waals surface area contributed by atoms with Gasteiger partial charge < -0.3 is 9.47 Å². The molecule has 0 saturated heterocycles. The molecule has 206 valence electrons. The number of hydrogen-bond donors (Lipinski definition) is 0. The summed E-state index contributed by atoms with van der Waals surface area (Å²) in [6.07, 6.45) is 0.0386. The summed E-state index contributed by atoms with van der Waals surface area (Å²) in [6, 6.07) is 25.5. The lowest BCUT2D eigenvalue weighted by molar-refractivity contribution is 0.0266. The molecule has 7 nitrogen and oxygen atoms in total. The number of imide groups is 1. The van der Waals surface area contributed by atoms with Gasteiger partial charge in [-0.1, -0.05) is 61.9 Å². The van der Waals surface area contributed by atoms with Crippen molar-refractivity contribution < 1.29 is 28.7 Å². The number of carbonyl (C=O) groups is 4. The summed E-state index contributed by atoms with van der Waals surface area (Å²) in [5.74, 6) is -0.733. The number of anilines is 1. The Kier molecular flexibility index (Phi) is 7.79. The minimum absolute atomic E-state index is 0.0889. The van der Waals surface area contributed by atoms with Gasteiger partial charge in [-0.2, -0.15) is 0 Å². The van der Waals surface area contributed by atoms with E-state index < -0.39 is 23.9 Å². The van der Waals surface area contributed by atoms with Gasteiger partial charge in [0.05, 0.1) is 22.4 Å². The number of esters is 1. The van der Waals surface area contributed by atoms with E-state index in [0.29, 0.717) is 29.8 Å². The molecule has 0 fully saturated rings. The Bertz CT molecular complexity index is 1620. The van der Waals surface area contributed by atoms with Crippen LogP contribution in [0.25, 0.3) is 0 Å². The number of rotatable bonds is 9. The maximum Gasteiger partial charge on any atom is 0.338 e. The molecule has 0 aliphatic carbocycles. The number of aryl methyl sites for hydroxylation is 2. The minimum Gasteiger partial charge on any atom is -0.457 e. The van der Waals surface area contributed by atoms with E-state index in [4.69, 9.17) is 9.47 Å². The third kappa shape index (κ3) is 5.52. The van der Waals surface area contributed by atoms with Crippen LogP contribution in [0.5, 0.6) is 11.5 Å². The fourth-order valence-electron chi connectivity index (χ4n) is 4.83. The molecular formula is C34H29NO6. The fourth-order valence-corrected chi connectivity index (χ4v) is 4.83. The fraction of sp³-hybridized carbons (Fsp3) is 0.176. The first-order valence-corrected chi connectivity index (χ1v) is 13.5. The molecule has 1 aliphatic rings. The first-order valence-electron chi connectivity index (χ1n) is 13.5. The van der Waals surface area contributed by atoms with Gasteiger partial charge in [-0.25, -0.2) is 9.69 Å². The molecule has 0 bridgehead atoms. The average molecular weight is 548 g/mol. The number of Topliss-reactive ketones (excluding diaryl/α,β-unsaturated/α-hetero) is 1. The van der Waals surface area contributed by atoms with E-state index in [0.717, 1.165) is 21.8 Å². The van der Waals surface area contributed by atoms with Gasteiger partial charge >= 0.3 is 5.97 Å². The third-order valence-corrected chi connectivity index (χ3v) is 7.00. The maximum atomic E-state index is 13.3. The summed E-state index contributed by atoms with van der Waals surface area (Å²) in [7, 11) is 0. The Hall–Kier alpha value is -5.04. The lowest BCUT2D eigenvalue weighted by atomic mass is 10.0. The highest BCUT2D eigenvalue weighted by Crippen LogP contribution is 2.33. The van der Waals surface area contributed by atoms with Gasteiger partial charge in [-0.3, -0.25) is 14.4 Å². The second kappa shape index (κ2) is 11.6. The van der Waals surface area contributed by atoms with Crippen molar-refractivity contribution in [2.75, 3.05) is 4.90 Å². The normalized spacial score (nSPS) is 13.1. The first kappa shape index (κ1) is 27.5. The molecular weight excluding hydrogens is 518 g/mol. The molecule has 0 N–H and O–H groups in total. The van der Waals surface area contributed by atoms with Crippen LogP contribution in [0.3, 0.4) is 0 Å². The molecule has 0 saturated carbocycles. The molecule has 4 aromatic rings. The van der Waals surface area contributed by atoms with Crippen molar-refractivity contribution in [2.45, 2.75) is 39.7 Å². The zero-order chi connectivity index (χ0) is 29.1. The molecule has 4 aromatic carbocycles. The van der Waals surface area contributed by atoms with Crippen molar-refractivity contribution in [1.82, 2.24) is 0 Å². The lowest BCUT2D eigenvalue weighted by Crippen LogP contribution is -2.29. The predicted molar refractivity (Wildman–Crippen MR) is 155 cm³/mol. The molecule has 0 spiro atoms. The van der Waals surface area contributed by atoms with Crippen molar-refractivity contribution in [3.8, 4) is 11.5 Å². The number of hydrogen-bond acceptors (Lipinski definition) is 6. The number of nitrogens with zero attached hydrogens (tertiary/aromatic N) is 1. The number of benzene rings is 4. The van der Waals surface area contributed by atoms with Crippen LogP contribution in [0.4, 0.5) is 5.69 Å². The second-order valence-corrected chi connectivity index (χ2v) is 9.94. The summed E-state index contributed by atoms with van der Waals surface area (Å²) < 4.78 is 11.6. The average Bonchev–Trinajstić information content (AvgIpc) is 3.24. The highest BCUT2D eigenvalue weighted by molar-refractivity contribution is 6.34.